The fraction of sp³-hybridized carbons (Fsp3) is 0.500. The predicted molar refractivity (Wildman–Crippen MR) is 78.7 cm³/mol. The molecule has 5 heteroatoms. The summed E-state index contributed by atoms with van der Waals surface area (Å²) in [6.07, 6.45) is 2.51. The molecule has 0 aliphatic carbocycles. The van der Waals surface area contributed by atoms with Gasteiger partial charge in [-0.1, -0.05) is 6.92 Å². The molecule has 0 saturated carbocycles. The number of nitrogens with two attached hydrogens (primary N) is 1. The topological polar surface area (TPSA) is 56.9 Å². The van der Waals surface area contributed by atoms with Crippen molar-refractivity contribution >= 4 is 17.3 Å². The maximum absolute atomic E-state index is 5.71. The lowest BCUT2D eigenvalue weighted by Crippen LogP contribution is -2.47. The Bertz CT molecular complexity index is 459. The number of benzene rings is 1. The van der Waals surface area contributed by atoms with Crippen LogP contribution in [0.25, 0.3) is 0 Å². The summed E-state index contributed by atoms with van der Waals surface area (Å²) >= 11 is 0. The van der Waals surface area contributed by atoms with E-state index in [9.17, 15) is 0 Å². The van der Waals surface area contributed by atoms with Gasteiger partial charge in [-0.25, -0.2) is 4.99 Å². The Kier molecular flexibility index (Phi) is 3.19. The van der Waals surface area contributed by atoms with Crippen LogP contribution < -0.4 is 16.2 Å². The first kappa shape index (κ1) is 12.1. The summed E-state index contributed by atoms with van der Waals surface area (Å²) in [4.78, 5) is 6.94. The van der Waals surface area contributed by atoms with Crippen molar-refractivity contribution in [3.63, 3.8) is 0 Å². The van der Waals surface area contributed by atoms with Crippen LogP contribution in [0, 0.1) is 5.92 Å². The lowest BCUT2D eigenvalue weighted by atomic mass is 10.00. The molecule has 19 heavy (non-hydrogen) atoms. The summed E-state index contributed by atoms with van der Waals surface area (Å²) in [5, 5.41) is 2.05. The Morgan fingerprint density at radius 1 is 1.21 bits per heavy atom. The van der Waals surface area contributed by atoms with E-state index in [1.54, 1.807) is 0 Å². The number of hydrogen-bond donors (Lipinski definition) is 2. The molecule has 0 spiro atoms. The molecule has 102 valence electrons. The van der Waals surface area contributed by atoms with Gasteiger partial charge in [-0.15, -0.1) is 0 Å². The standard InChI is InChI=1S/C14H21N5/c1-11-6-8-18(9-7-11)14-16-10-19(17-14)13-4-2-12(15)3-5-13/h2-5,11H,6-10,15H2,1H3,(H,16,17). The molecule has 0 radical (unpaired) electrons. The van der Waals surface area contributed by atoms with Gasteiger partial charge in [0.25, 0.3) is 0 Å². The number of anilines is 2. The highest BCUT2D eigenvalue weighted by molar-refractivity contribution is 5.84. The second kappa shape index (κ2) is 4.99. The minimum absolute atomic E-state index is 0.658. The smallest absolute Gasteiger partial charge is 0.215 e. The average molecular weight is 259 g/mol. The lowest BCUT2D eigenvalue weighted by molar-refractivity contribution is 0.275. The van der Waals surface area contributed by atoms with E-state index in [-0.39, 0.29) is 0 Å². The van der Waals surface area contributed by atoms with Gasteiger partial charge in [0.1, 0.15) is 6.67 Å². The summed E-state index contributed by atoms with van der Waals surface area (Å²) in [7, 11) is 0. The summed E-state index contributed by atoms with van der Waals surface area (Å²) in [5.41, 5.74) is 11.0. The van der Waals surface area contributed by atoms with Crippen molar-refractivity contribution in [2.75, 3.05) is 30.5 Å². The number of nitrogen functional groups attached to an aromatic ring is 1. The van der Waals surface area contributed by atoms with Gasteiger partial charge in [0.15, 0.2) is 0 Å². The number of guanidine groups is 1. The van der Waals surface area contributed by atoms with Crippen LogP contribution in [0.4, 0.5) is 11.4 Å². The minimum atomic E-state index is 0.658. The van der Waals surface area contributed by atoms with Crippen molar-refractivity contribution in [3.8, 4) is 0 Å². The molecule has 1 aromatic rings. The van der Waals surface area contributed by atoms with Gasteiger partial charge >= 0.3 is 0 Å². The maximum Gasteiger partial charge on any atom is 0.215 e. The number of hydrogen-bond acceptors (Lipinski definition) is 5. The Morgan fingerprint density at radius 3 is 2.58 bits per heavy atom. The number of piperidine rings is 1. The molecule has 1 aromatic carbocycles. The molecule has 0 aromatic heterocycles. The second-order valence-corrected chi connectivity index (χ2v) is 5.42. The number of hydrazine groups is 1. The van der Waals surface area contributed by atoms with Gasteiger partial charge in [-0.3, -0.25) is 10.4 Å². The van der Waals surface area contributed by atoms with E-state index in [2.05, 4.69) is 22.2 Å². The van der Waals surface area contributed by atoms with Gasteiger partial charge in [0.2, 0.25) is 5.96 Å². The first-order valence-corrected chi connectivity index (χ1v) is 6.91. The molecule has 0 bridgehead atoms. The molecule has 1 fully saturated rings. The molecule has 2 aliphatic heterocycles. The average Bonchev–Trinajstić information content (AvgIpc) is 2.90. The van der Waals surface area contributed by atoms with Gasteiger partial charge in [0.05, 0.1) is 5.69 Å². The summed E-state index contributed by atoms with van der Waals surface area (Å²) in [6.45, 7) is 5.18. The predicted octanol–water partition coefficient (Wildman–Crippen LogP) is 1.64. The minimum Gasteiger partial charge on any atom is -0.399 e. The van der Waals surface area contributed by atoms with Crippen molar-refractivity contribution in [3.05, 3.63) is 24.3 Å². The molecule has 3 N–H and O–H groups in total. The van der Waals surface area contributed by atoms with Crippen molar-refractivity contribution < 1.29 is 0 Å². The second-order valence-electron chi connectivity index (χ2n) is 5.42. The van der Waals surface area contributed by atoms with Crippen LogP contribution in [0.2, 0.25) is 0 Å². The number of rotatable bonds is 1. The third kappa shape index (κ3) is 2.59. The number of nitrogens with one attached hydrogen (secondary N) is 1. The highest BCUT2D eigenvalue weighted by atomic mass is 15.6. The Labute approximate surface area is 114 Å². The molecule has 3 rings (SSSR count). The van der Waals surface area contributed by atoms with E-state index >= 15 is 0 Å². The first-order valence-electron chi connectivity index (χ1n) is 6.91. The Hall–Kier alpha value is -1.91. The van der Waals surface area contributed by atoms with Crippen LogP contribution in [0.5, 0.6) is 0 Å². The van der Waals surface area contributed by atoms with Crippen molar-refractivity contribution in [2.24, 2.45) is 10.9 Å². The molecule has 0 unspecified atom stereocenters. The van der Waals surface area contributed by atoms with Crippen molar-refractivity contribution in [2.45, 2.75) is 19.8 Å². The number of aliphatic imine (C=N–C) groups is 1. The first-order chi connectivity index (χ1) is 9.22. The quantitative estimate of drug-likeness (QED) is 0.753. The molecule has 2 heterocycles. The fourth-order valence-corrected chi connectivity index (χ4v) is 2.52. The number of nitrogens with zero attached hydrogens (tertiary/aromatic N) is 3. The van der Waals surface area contributed by atoms with Crippen LogP contribution in [0.15, 0.2) is 29.3 Å². The summed E-state index contributed by atoms with van der Waals surface area (Å²) in [5.74, 6) is 1.84. The van der Waals surface area contributed by atoms with Crippen molar-refractivity contribution in [1.29, 1.82) is 0 Å². The van der Waals surface area contributed by atoms with E-state index in [0.29, 0.717) is 6.67 Å². The zero-order valence-corrected chi connectivity index (χ0v) is 11.3. The van der Waals surface area contributed by atoms with Gasteiger partial charge < -0.3 is 10.6 Å². The Balaban J connectivity index is 1.61. The highest BCUT2D eigenvalue weighted by Crippen LogP contribution is 2.20. The van der Waals surface area contributed by atoms with Crippen LogP contribution in [-0.2, 0) is 0 Å². The van der Waals surface area contributed by atoms with E-state index < -0.39 is 0 Å². The third-order valence-corrected chi connectivity index (χ3v) is 3.88. The largest absolute Gasteiger partial charge is 0.399 e. The molecular formula is C14H21N5. The molecular weight excluding hydrogens is 238 g/mol. The zero-order valence-electron chi connectivity index (χ0n) is 11.3. The maximum atomic E-state index is 5.71. The van der Waals surface area contributed by atoms with E-state index in [1.165, 1.54) is 12.8 Å². The van der Waals surface area contributed by atoms with E-state index in [4.69, 9.17) is 5.73 Å². The normalized spacial score (nSPS) is 20.4. The van der Waals surface area contributed by atoms with Crippen molar-refractivity contribution in [1.82, 2.24) is 10.3 Å². The Morgan fingerprint density at radius 2 is 1.89 bits per heavy atom. The van der Waals surface area contributed by atoms with E-state index in [1.807, 2.05) is 29.3 Å². The zero-order chi connectivity index (χ0) is 13.2. The fourth-order valence-electron chi connectivity index (χ4n) is 2.52. The summed E-state index contributed by atoms with van der Waals surface area (Å²) in [6, 6.07) is 7.85. The third-order valence-electron chi connectivity index (χ3n) is 3.88. The van der Waals surface area contributed by atoms with Crippen LogP contribution in [0.1, 0.15) is 19.8 Å². The number of likely N-dealkylation sites (tertiary alicyclic amines) is 1. The van der Waals surface area contributed by atoms with Crippen LogP contribution in [0.3, 0.4) is 0 Å². The molecule has 0 amide bonds. The monoisotopic (exact) mass is 259 g/mol. The molecule has 5 nitrogen and oxygen atoms in total. The highest BCUT2D eigenvalue weighted by Gasteiger charge is 2.23. The van der Waals surface area contributed by atoms with Gasteiger partial charge in [0, 0.05) is 18.8 Å². The van der Waals surface area contributed by atoms with Gasteiger partial charge in [-0.2, -0.15) is 0 Å². The molecule has 1 saturated heterocycles. The summed E-state index contributed by atoms with van der Waals surface area (Å²) < 4.78 is 0. The van der Waals surface area contributed by atoms with Crippen LogP contribution in [-0.4, -0.2) is 30.6 Å². The lowest BCUT2D eigenvalue weighted by Gasteiger charge is -2.32. The molecule has 2 aliphatic rings. The van der Waals surface area contributed by atoms with Gasteiger partial charge in [-0.05, 0) is 43.0 Å². The van der Waals surface area contributed by atoms with E-state index in [0.717, 1.165) is 36.3 Å². The van der Waals surface area contributed by atoms with Crippen LogP contribution >= 0.6 is 0 Å². The SMILES string of the molecule is CC1CCN(C2=NCN(c3ccc(N)cc3)N2)CC1. The molecule has 0 atom stereocenters.